The van der Waals surface area contributed by atoms with Crippen LogP contribution in [-0.4, -0.2) is 26.6 Å². The summed E-state index contributed by atoms with van der Waals surface area (Å²) in [6.07, 6.45) is 1.82. The molecule has 7 heteroatoms. The number of imidazole rings is 1. The number of benzene rings is 1. The molecule has 1 N–H and O–H groups in total. The highest BCUT2D eigenvalue weighted by Crippen LogP contribution is 2.23. The molecule has 6 nitrogen and oxygen atoms in total. The van der Waals surface area contributed by atoms with Crippen LogP contribution in [0, 0.1) is 3.83 Å². The molecule has 120 valence electrons. The molecule has 0 unspecified atom stereocenters. The van der Waals surface area contributed by atoms with Crippen LogP contribution in [0.4, 0.5) is 5.82 Å². The molecular weight excluding hydrogens is 405 g/mol. The SMILES string of the molecule is COc1cccc(CNc2nc(I)nc3c2ncn3C(C)C)c1. The Labute approximate surface area is 148 Å². The van der Waals surface area contributed by atoms with Crippen molar-refractivity contribution < 1.29 is 4.74 Å². The minimum Gasteiger partial charge on any atom is -0.497 e. The molecule has 0 saturated carbocycles. The summed E-state index contributed by atoms with van der Waals surface area (Å²) in [5.74, 6) is 1.59. The first kappa shape index (κ1) is 16.0. The van der Waals surface area contributed by atoms with E-state index in [4.69, 9.17) is 4.74 Å². The molecule has 0 saturated heterocycles. The summed E-state index contributed by atoms with van der Waals surface area (Å²) in [6, 6.07) is 8.26. The normalized spacial score (nSPS) is 11.2. The van der Waals surface area contributed by atoms with Gasteiger partial charge < -0.3 is 14.6 Å². The number of nitrogens with zero attached hydrogens (tertiary/aromatic N) is 4. The maximum absolute atomic E-state index is 5.26. The zero-order valence-corrected chi connectivity index (χ0v) is 15.4. The van der Waals surface area contributed by atoms with E-state index in [1.807, 2.05) is 30.6 Å². The summed E-state index contributed by atoms with van der Waals surface area (Å²) in [5.41, 5.74) is 2.77. The molecule has 3 rings (SSSR count). The molecule has 0 bridgehead atoms. The van der Waals surface area contributed by atoms with Crippen LogP contribution in [-0.2, 0) is 6.54 Å². The van der Waals surface area contributed by atoms with Gasteiger partial charge >= 0.3 is 0 Å². The van der Waals surface area contributed by atoms with Crippen molar-refractivity contribution in [3.05, 3.63) is 40.0 Å². The first-order valence-corrected chi connectivity index (χ1v) is 8.43. The molecular formula is C16H18IN5O. The van der Waals surface area contributed by atoms with Crippen molar-refractivity contribution in [2.75, 3.05) is 12.4 Å². The fourth-order valence-corrected chi connectivity index (χ4v) is 2.83. The smallest absolute Gasteiger partial charge is 0.194 e. The monoisotopic (exact) mass is 423 g/mol. The number of aromatic nitrogens is 4. The highest BCUT2D eigenvalue weighted by atomic mass is 127. The second-order valence-corrected chi connectivity index (χ2v) is 6.43. The summed E-state index contributed by atoms with van der Waals surface area (Å²) < 4.78 is 8.01. The van der Waals surface area contributed by atoms with E-state index < -0.39 is 0 Å². The van der Waals surface area contributed by atoms with Crippen molar-refractivity contribution in [1.29, 1.82) is 0 Å². The quantitative estimate of drug-likeness (QED) is 0.502. The van der Waals surface area contributed by atoms with Crippen LogP contribution in [0.1, 0.15) is 25.5 Å². The second kappa shape index (κ2) is 6.69. The number of hydrogen-bond acceptors (Lipinski definition) is 5. The van der Waals surface area contributed by atoms with Gasteiger partial charge in [0.1, 0.15) is 5.75 Å². The van der Waals surface area contributed by atoms with Crippen molar-refractivity contribution in [3.8, 4) is 5.75 Å². The van der Waals surface area contributed by atoms with Crippen LogP contribution in [0.15, 0.2) is 30.6 Å². The van der Waals surface area contributed by atoms with Crippen LogP contribution in [0.5, 0.6) is 5.75 Å². The fourth-order valence-electron chi connectivity index (χ4n) is 2.36. The maximum atomic E-state index is 5.26. The Bertz CT molecular complexity index is 830. The van der Waals surface area contributed by atoms with Gasteiger partial charge in [0.2, 0.25) is 0 Å². The van der Waals surface area contributed by atoms with Gasteiger partial charge in [0.25, 0.3) is 0 Å². The molecule has 0 aliphatic carbocycles. The predicted molar refractivity (Wildman–Crippen MR) is 98.7 cm³/mol. The molecule has 0 radical (unpaired) electrons. The highest BCUT2D eigenvalue weighted by Gasteiger charge is 2.13. The minimum atomic E-state index is 0.303. The van der Waals surface area contributed by atoms with Crippen LogP contribution >= 0.6 is 22.6 Å². The average molecular weight is 423 g/mol. The fraction of sp³-hybridized carbons (Fsp3) is 0.312. The van der Waals surface area contributed by atoms with Gasteiger partial charge in [-0.1, -0.05) is 12.1 Å². The van der Waals surface area contributed by atoms with E-state index in [0.717, 1.165) is 28.3 Å². The zero-order valence-electron chi connectivity index (χ0n) is 13.2. The van der Waals surface area contributed by atoms with Gasteiger partial charge in [-0.25, -0.2) is 15.0 Å². The number of hydrogen-bond donors (Lipinski definition) is 1. The predicted octanol–water partition coefficient (Wildman–Crippen LogP) is 3.63. The molecule has 2 aromatic heterocycles. The van der Waals surface area contributed by atoms with E-state index in [0.29, 0.717) is 16.4 Å². The van der Waals surface area contributed by atoms with E-state index in [2.05, 4.69) is 61.3 Å². The van der Waals surface area contributed by atoms with Gasteiger partial charge in [0.05, 0.1) is 13.4 Å². The molecule has 1 aromatic carbocycles. The molecule has 23 heavy (non-hydrogen) atoms. The van der Waals surface area contributed by atoms with Crippen molar-refractivity contribution in [2.24, 2.45) is 0 Å². The van der Waals surface area contributed by atoms with E-state index in [-0.39, 0.29) is 0 Å². The summed E-state index contributed by atoms with van der Waals surface area (Å²) in [4.78, 5) is 13.5. The largest absolute Gasteiger partial charge is 0.497 e. The number of anilines is 1. The van der Waals surface area contributed by atoms with Crippen molar-refractivity contribution in [2.45, 2.75) is 26.4 Å². The Morgan fingerprint density at radius 3 is 2.87 bits per heavy atom. The molecule has 0 fully saturated rings. The van der Waals surface area contributed by atoms with Gasteiger partial charge in [-0.15, -0.1) is 0 Å². The molecule has 2 heterocycles. The second-order valence-electron chi connectivity index (χ2n) is 5.46. The van der Waals surface area contributed by atoms with Gasteiger partial charge in [-0.2, -0.15) is 0 Å². The number of fused-ring (bicyclic) bond motifs is 1. The van der Waals surface area contributed by atoms with Gasteiger partial charge in [-0.3, -0.25) is 0 Å². The topological polar surface area (TPSA) is 64.9 Å². The number of rotatable bonds is 5. The molecule has 0 aliphatic rings. The lowest BCUT2D eigenvalue weighted by atomic mass is 10.2. The Morgan fingerprint density at radius 2 is 2.13 bits per heavy atom. The number of methoxy groups -OCH3 is 1. The molecule has 3 aromatic rings. The van der Waals surface area contributed by atoms with Crippen molar-refractivity contribution in [1.82, 2.24) is 19.5 Å². The summed E-state index contributed by atoms with van der Waals surface area (Å²) in [7, 11) is 1.67. The standard InChI is InChI=1S/C16H18IN5O/c1-10(2)22-9-19-13-14(20-16(17)21-15(13)22)18-8-11-5-4-6-12(7-11)23-3/h4-7,9-10H,8H2,1-3H3,(H,18,20,21). The summed E-state index contributed by atoms with van der Waals surface area (Å²) in [5, 5.41) is 3.36. The lowest BCUT2D eigenvalue weighted by molar-refractivity contribution is 0.414. The Kier molecular flexibility index (Phi) is 4.65. The van der Waals surface area contributed by atoms with Crippen LogP contribution in [0.3, 0.4) is 0 Å². The first-order valence-electron chi connectivity index (χ1n) is 7.35. The van der Waals surface area contributed by atoms with Crippen LogP contribution in [0.25, 0.3) is 11.2 Å². The van der Waals surface area contributed by atoms with Crippen LogP contribution in [0.2, 0.25) is 0 Å². The third-order valence-corrected chi connectivity index (χ3v) is 4.03. The van der Waals surface area contributed by atoms with E-state index in [9.17, 15) is 0 Å². The van der Waals surface area contributed by atoms with E-state index in [1.54, 1.807) is 7.11 Å². The van der Waals surface area contributed by atoms with Crippen LogP contribution < -0.4 is 10.1 Å². The van der Waals surface area contributed by atoms with Gasteiger partial charge in [-0.05, 0) is 31.5 Å². The number of nitrogens with one attached hydrogen (secondary N) is 1. The Morgan fingerprint density at radius 1 is 1.30 bits per heavy atom. The molecule has 0 atom stereocenters. The third kappa shape index (κ3) is 3.39. The highest BCUT2D eigenvalue weighted by molar-refractivity contribution is 14.1. The molecule has 0 amide bonds. The number of halogens is 1. The van der Waals surface area contributed by atoms with Crippen molar-refractivity contribution in [3.63, 3.8) is 0 Å². The summed E-state index contributed by atoms with van der Waals surface area (Å²) >= 11 is 2.13. The summed E-state index contributed by atoms with van der Waals surface area (Å²) in [6.45, 7) is 4.87. The minimum absolute atomic E-state index is 0.303. The zero-order chi connectivity index (χ0) is 16.4. The number of ether oxygens (including phenoxy) is 1. The third-order valence-electron chi connectivity index (χ3n) is 3.54. The lowest BCUT2D eigenvalue weighted by Crippen LogP contribution is -2.06. The average Bonchev–Trinajstić information content (AvgIpc) is 2.96. The first-order chi connectivity index (χ1) is 11.1. The molecule has 0 spiro atoms. The van der Waals surface area contributed by atoms with E-state index in [1.165, 1.54) is 0 Å². The van der Waals surface area contributed by atoms with Gasteiger partial charge in [0.15, 0.2) is 20.8 Å². The Balaban J connectivity index is 1.90. The lowest BCUT2D eigenvalue weighted by Gasteiger charge is -2.10. The molecule has 0 aliphatic heterocycles. The van der Waals surface area contributed by atoms with Crippen molar-refractivity contribution >= 4 is 39.6 Å². The Hall–Kier alpha value is -1.90. The van der Waals surface area contributed by atoms with Gasteiger partial charge in [0, 0.05) is 35.2 Å². The van der Waals surface area contributed by atoms with E-state index >= 15 is 0 Å². The maximum Gasteiger partial charge on any atom is 0.194 e.